The van der Waals surface area contributed by atoms with Crippen molar-refractivity contribution in [2.75, 3.05) is 6.61 Å². The Morgan fingerprint density at radius 3 is 2.73 bits per heavy atom. The molecule has 0 radical (unpaired) electrons. The topological polar surface area (TPSA) is 50.2 Å². The lowest BCUT2D eigenvalue weighted by molar-refractivity contribution is -0.115. The molecule has 1 N–H and O–H groups in total. The SMILES string of the molecule is O=C(CCCO)C1=CC=C(CCc2ccc(Cl)c(-c3nccc4ccccc34)c2)C(Cl)=CC1. The zero-order valence-corrected chi connectivity index (χ0v) is 19.7. The predicted octanol–water partition coefficient (Wildman–Crippen LogP) is 7.21. The third-order valence-corrected chi connectivity index (χ3v) is 6.58. The number of rotatable bonds is 8. The number of hydrogen-bond donors (Lipinski definition) is 1. The number of allylic oxidation sites excluding steroid dienone is 6. The van der Waals surface area contributed by atoms with Gasteiger partial charge in [0.2, 0.25) is 0 Å². The van der Waals surface area contributed by atoms with Crippen molar-refractivity contribution < 1.29 is 9.90 Å². The van der Waals surface area contributed by atoms with Crippen LogP contribution in [0.25, 0.3) is 22.0 Å². The quantitative estimate of drug-likeness (QED) is 0.372. The van der Waals surface area contributed by atoms with Crippen molar-refractivity contribution >= 4 is 39.8 Å². The molecule has 0 bridgehead atoms. The lowest BCUT2D eigenvalue weighted by atomic mass is 9.98. The van der Waals surface area contributed by atoms with Crippen molar-refractivity contribution in [1.82, 2.24) is 4.98 Å². The lowest BCUT2D eigenvalue weighted by Crippen LogP contribution is -2.02. The van der Waals surface area contributed by atoms with Gasteiger partial charge in [-0.05, 0) is 66.0 Å². The molecule has 0 fully saturated rings. The number of carbonyl (C=O) groups is 1. The number of aliphatic hydroxyl groups is 1. The summed E-state index contributed by atoms with van der Waals surface area (Å²) < 4.78 is 0. The summed E-state index contributed by atoms with van der Waals surface area (Å²) in [7, 11) is 0. The molecule has 0 saturated heterocycles. The fourth-order valence-corrected chi connectivity index (χ4v) is 4.45. The van der Waals surface area contributed by atoms with E-state index in [9.17, 15) is 4.79 Å². The molecule has 0 spiro atoms. The summed E-state index contributed by atoms with van der Waals surface area (Å²) in [5, 5.41) is 12.5. The standard InChI is InChI=1S/C28H25Cl2NO2/c29-25-14-12-22(27(33)6-3-17-32)11-10-21(25)9-7-19-8-13-26(30)24(18-19)28-23-5-2-1-4-20(23)15-16-31-28/h1-2,4-5,8,10-11,13-16,18,32H,3,6-7,9,12,17H2. The van der Waals surface area contributed by atoms with Gasteiger partial charge in [0.05, 0.1) is 5.69 Å². The van der Waals surface area contributed by atoms with Crippen LogP contribution in [0.4, 0.5) is 0 Å². The van der Waals surface area contributed by atoms with Gasteiger partial charge in [-0.25, -0.2) is 0 Å². The van der Waals surface area contributed by atoms with Gasteiger partial charge in [-0.1, -0.05) is 71.8 Å². The molecule has 5 heteroatoms. The Hall–Kier alpha value is -2.72. The molecule has 3 aromatic rings. The van der Waals surface area contributed by atoms with Crippen LogP contribution >= 0.6 is 23.2 Å². The van der Waals surface area contributed by atoms with Crippen LogP contribution in [0.15, 0.2) is 89.1 Å². The zero-order chi connectivity index (χ0) is 23.2. The molecule has 33 heavy (non-hydrogen) atoms. The first kappa shape index (κ1) is 23.4. The minimum atomic E-state index is 0.0219. The number of nitrogens with zero attached hydrogens (tertiary/aromatic N) is 1. The Balaban J connectivity index is 1.55. The Morgan fingerprint density at radius 2 is 1.88 bits per heavy atom. The van der Waals surface area contributed by atoms with E-state index in [1.807, 2.05) is 54.8 Å². The maximum Gasteiger partial charge on any atom is 0.159 e. The van der Waals surface area contributed by atoms with Crippen LogP contribution in [-0.4, -0.2) is 22.5 Å². The monoisotopic (exact) mass is 477 g/mol. The lowest BCUT2D eigenvalue weighted by Gasteiger charge is -2.11. The molecule has 1 aliphatic carbocycles. The van der Waals surface area contributed by atoms with Gasteiger partial charge < -0.3 is 5.11 Å². The number of pyridine rings is 1. The van der Waals surface area contributed by atoms with Gasteiger partial charge in [-0.3, -0.25) is 9.78 Å². The third kappa shape index (κ3) is 5.62. The average Bonchev–Trinajstić information content (AvgIpc) is 3.03. The van der Waals surface area contributed by atoms with Gasteiger partial charge in [0.25, 0.3) is 0 Å². The highest BCUT2D eigenvalue weighted by Crippen LogP contribution is 2.33. The number of aryl methyl sites for hydroxylation is 1. The number of hydrogen-bond acceptors (Lipinski definition) is 3. The third-order valence-electron chi connectivity index (χ3n) is 5.86. The summed E-state index contributed by atoms with van der Waals surface area (Å²) in [6, 6.07) is 16.2. The Labute approximate surface area is 204 Å². The molecular formula is C28H25Cl2NO2. The summed E-state index contributed by atoms with van der Waals surface area (Å²) in [4.78, 5) is 16.9. The smallest absolute Gasteiger partial charge is 0.159 e. The van der Waals surface area contributed by atoms with Crippen molar-refractivity contribution in [3.63, 3.8) is 0 Å². The summed E-state index contributed by atoms with van der Waals surface area (Å²) >= 11 is 13.1. The van der Waals surface area contributed by atoms with Crippen molar-refractivity contribution in [3.05, 3.63) is 99.7 Å². The number of aliphatic hydroxyl groups excluding tert-OH is 1. The largest absolute Gasteiger partial charge is 0.396 e. The van der Waals surface area contributed by atoms with Crippen molar-refractivity contribution in [2.45, 2.75) is 32.1 Å². The second-order valence-corrected chi connectivity index (χ2v) is 8.90. The van der Waals surface area contributed by atoms with Gasteiger partial charge in [0, 0.05) is 40.2 Å². The number of aromatic nitrogens is 1. The van der Waals surface area contributed by atoms with Gasteiger partial charge >= 0.3 is 0 Å². The highest BCUT2D eigenvalue weighted by molar-refractivity contribution is 6.33. The number of Topliss-reactive ketones (excluding diaryl/α,β-unsaturated/α-hetero) is 1. The Kier molecular flexibility index (Phi) is 7.77. The second kappa shape index (κ2) is 10.9. The molecule has 1 aliphatic rings. The first-order valence-electron chi connectivity index (χ1n) is 11.1. The highest BCUT2D eigenvalue weighted by Gasteiger charge is 2.14. The van der Waals surface area contributed by atoms with Crippen LogP contribution < -0.4 is 0 Å². The molecule has 4 rings (SSSR count). The summed E-state index contributed by atoms with van der Waals surface area (Å²) in [5.74, 6) is 0.0622. The van der Waals surface area contributed by atoms with E-state index in [0.717, 1.165) is 51.6 Å². The second-order valence-electron chi connectivity index (χ2n) is 8.09. The first-order valence-corrected chi connectivity index (χ1v) is 11.8. The van der Waals surface area contributed by atoms with E-state index in [1.165, 1.54) is 0 Å². The van der Waals surface area contributed by atoms with Gasteiger partial charge in [0.1, 0.15) is 0 Å². The Bertz CT molecular complexity index is 1270. The number of benzene rings is 2. The first-order chi connectivity index (χ1) is 16.1. The van der Waals surface area contributed by atoms with Gasteiger partial charge in [0.15, 0.2) is 5.78 Å². The van der Waals surface area contributed by atoms with Crippen LogP contribution in [0.5, 0.6) is 0 Å². The predicted molar refractivity (Wildman–Crippen MR) is 137 cm³/mol. The van der Waals surface area contributed by atoms with Crippen LogP contribution in [0.1, 0.15) is 31.2 Å². The van der Waals surface area contributed by atoms with Crippen LogP contribution in [0.2, 0.25) is 5.02 Å². The van der Waals surface area contributed by atoms with Crippen LogP contribution in [0.3, 0.4) is 0 Å². The molecule has 0 saturated carbocycles. The number of carbonyl (C=O) groups excluding carboxylic acids is 1. The minimum absolute atomic E-state index is 0.0219. The van der Waals surface area contributed by atoms with E-state index in [4.69, 9.17) is 28.3 Å². The van der Waals surface area contributed by atoms with Gasteiger partial charge in [-0.2, -0.15) is 0 Å². The van der Waals surface area contributed by atoms with Crippen molar-refractivity contribution in [2.24, 2.45) is 0 Å². The Morgan fingerprint density at radius 1 is 1.03 bits per heavy atom. The summed E-state index contributed by atoms with van der Waals surface area (Å²) in [6.07, 6.45) is 10.4. The molecule has 1 aromatic heterocycles. The average molecular weight is 478 g/mol. The number of ketones is 1. The maximum absolute atomic E-state index is 12.3. The highest BCUT2D eigenvalue weighted by atomic mass is 35.5. The van der Waals surface area contributed by atoms with E-state index in [2.05, 4.69) is 23.2 Å². The molecule has 1 heterocycles. The molecule has 0 unspecified atom stereocenters. The van der Waals surface area contributed by atoms with Crippen molar-refractivity contribution in [3.8, 4) is 11.3 Å². The molecule has 0 atom stereocenters. The number of halogens is 2. The van der Waals surface area contributed by atoms with Crippen molar-refractivity contribution in [1.29, 1.82) is 0 Å². The van der Waals surface area contributed by atoms with E-state index in [1.54, 1.807) is 0 Å². The van der Waals surface area contributed by atoms with Gasteiger partial charge in [-0.15, -0.1) is 0 Å². The molecule has 0 aliphatic heterocycles. The van der Waals surface area contributed by atoms with E-state index < -0.39 is 0 Å². The maximum atomic E-state index is 12.3. The molecule has 168 valence electrons. The van der Waals surface area contributed by atoms with Crippen LogP contribution in [-0.2, 0) is 11.2 Å². The molecule has 0 amide bonds. The van der Waals surface area contributed by atoms with Crippen LogP contribution in [0, 0.1) is 0 Å². The molecule has 2 aromatic carbocycles. The fraction of sp³-hybridized carbons (Fsp3) is 0.214. The molecular weight excluding hydrogens is 453 g/mol. The fourth-order valence-electron chi connectivity index (χ4n) is 4.01. The summed E-state index contributed by atoms with van der Waals surface area (Å²) in [6.45, 7) is 0.0219. The van der Waals surface area contributed by atoms with E-state index in [0.29, 0.717) is 29.3 Å². The summed E-state index contributed by atoms with van der Waals surface area (Å²) in [5.41, 5.74) is 4.66. The zero-order valence-electron chi connectivity index (χ0n) is 18.2. The van der Waals surface area contributed by atoms with E-state index in [-0.39, 0.29) is 12.4 Å². The minimum Gasteiger partial charge on any atom is -0.396 e. The molecule has 3 nitrogen and oxygen atoms in total. The normalized spacial score (nSPS) is 13.8. The van der Waals surface area contributed by atoms with E-state index >= 15 is 0 Å². The number of fused-ring (bicyclic) bond motifs is 1.